The van der Waals surface area contributed by atoms with Gasteiger partial charge in [0.15, 0.2) is 5.78 Å². The number of piperidine rings is 1. The summed E-state index contributed by atoms with van der Waals surface area (Å²) >= 11 is 0. The van der Waals surface area contributed by atoms with Crippen LogP contribution in [-0.4, -0.2) is 47.5 Å². The van der Waals surface area contributed by atoms with Crippen LogP contribution in [0.25, 0.3) is 10.9 Å². The number of ether oxygens (including phenoxy) is 1. The largest absolute Gasteiger partial charge is 0.497 e. The van der Waals surface area contributed by atoms with Crippen LogP contribution in [0, 0.1) is 5.92 Å². The Morgan fingerprint density at radius 3 is 2.56 bits per heavy atom. The van der Waals surface area contributed by atoms with Gasteiger partial charge in [0.25, 0.3) is 0 Å². The Morgan fingerprint density at radius 2 is 1.82 bits per heavy atom. The van der Waals surface area contributed by atoms with Crippen molar-refractivity contribution in [3.8, 4) is 5.75 Å². The lowest BCUT2D eigenvalue weighted by atomic mass is 9.72. The van der Waals surface area contributed by atoms with Crippen molar-refractivity contribution in [2.75, 3.05) is 26.7 Å². The average molecular weight is 455 g/mol. The van der Waals surface area contributed by atoms with Gasteiger partial charge in [0.1, 0.15) is 11.4 Å². The van der Waals surface area contributed by atoms with E-state index in [1.54, 1.807) is 7.11 Å². The maximum absolute atomic E-state index is 13.6. The van der Waals surface area contributed by atoms with Crippen LogP contribution in [0.1, 0.15) is 27.9 Å². The zero-order valence-corrected chi connectivity index (χ0v) is 19.4. The molecule has 2 heterocycles. The van der Waals surface area contributed by atoms with Gasteiger partial charge in [-0.1, -0.05) is 60.7 Å². The third-order valence-electron chi connectivity index (χ3n) is 7.15. The predicted molar refractivity (Wildman–Crippen MR) is 134 cm³/mol. The van der Waals surface area contributed by atoms with Crippen molar-refractivity contribution in [2.24, 2.45) is 5.92 Å². The first kappa shape index (κ1) is 22.4. The molecule has 0 aliphatic carbocycles. The van der Waals surface area contributed by atoms with E-state index in [2.05, 4.69) is 22.1 Å². The molecule has 0 amide bonds. The number of aromatic nitrogens is 1. The summed E-state index contributed by atoms with van der Waals surface area (Å²) in [7, 11) is 1.68. The highest BCUT2D eigenvalue weighted by Crippen LogP contribution is 2.39. The minimum Gasteiger partial charge on any atom is -0.497 e. The van der Waals surface area contributed by atoms with Gasteiger partial charge < -0.3 is 19.7 Å². The minimum absolute atomic E-state index is 0.00603. The smallest absolute Gasteiger partial charge is 0.170 e. The molecule has 1 fully saturated rings. The molecule has 2 N–H and O–H groups in total. The fourth-order valence-electron chi connectivity index (χ4n) is 5.15. The van der Waals surface area contributed by atoms with E-state index < -0.39 is 11.5 Å². The Bertz CT molecular complexity index is 1270. The molecule has 1 aromatic heterocycles. The van der Waals surface area contributed by atoms with Crippen molar-refractivity contribution < 1.29 is 14.6 Å². The number of nitrogens with one attached hydrogen (secondary N) is 1. The van der Waals surface area contributed by atoms with Gasteiger partial charge in [0, 0.05) is 42.3 Å². The van der Waals surface area contributed by atoms with Crippen molar-refractivity contribution in [1.29, 1.82) is 0 Å². The summed E-state index contributed by atoms with van der Waals surface area (Å²) in [6, 6.07) is 25.0. The molecular weight excluding hydrogens is 424 g/mol. The molecule has 174 valence electrons. The summed E-state index contributed by atoms with van der Waals surface area (Å²) in [5.41, 5.74) is 2.59. The molecule has 4 aromatic rings. The Kier molecular flexibility index (Phi) is 6.22. The molecule has 5 heteroatoms. The topological polar surface area (TPSA) is 65.6 Å². The number of nitrogens with zero attached hydrogens (tertiary/aromatic N) is 1. The fourth-order valence-corrected chi connectivity index (χ4v) is 5.15. The first-order chi connectivity index (χ1) is 16.6. The number of ketones is 1. The molecule has 1 aliphatic rings. The van der Waals surface area contributed by atoms with Crippen LogP contribution in [0.4, 0.5) is 0 Å². The van der Waals surface area contributed by atoms with Crippen molar-refractivity contribution in [3.63, 3.8) is 0 Å². The first-order valence-corrected chi connectivity index (χ1v) is 11.8. The number of aliphatic hydroxyl groups is 1. The van der Waals surface area contributed by atoms with E-state index in [1.807, 2.05) is 72.8 Å². The van der Waals surface area contributed by atoms with Gasteiger partial charge in [-0.05, 0) is 42.2 Å². The van der Waals surface area contributed by atoms with Crippen LogP contribution in [0.2, 0.25) is 0 Å². The number of carbonyl (C=O) groups is 1. The maximum Gasteiger partial charge on any atom is 0.170 e. The van der Waals surface area contributed by atoms with E-state index in [4.69, 9.17) is 4.74 Å². The molecule has 5 nitrogen and oxygen atoms in total. The fraction of sp³-hybridized carbons (Fsp3) is 0.276. The molecule has 0 saturated carbocycles. The standard InChI is InChI=1S/C29H30N2O3/c1-34-24-12-13-27-25(18-24)22(19-30-27)14-16-31-17-15-29(33,23-10-6-3-7-11-23)26(20-31)28(32)21-8-4-2-5-9-21/h2-13,18-19,26,30,33H,14-17,20H2,1H3/t26-,29+/m1/s1. The Hall–Kier alpha value is -3.41. The zero-order chi connectivity index (χ0) is 23.5. The van der Waals surface area contributed by atoms with Crippen molar-refractivity contribution in [3.05, 3.63) is 102 Å². The number of hydrogen-bond acceptors (Lipinski definition) is 4. The number of hydrogen-bond donors (Lipinski definition) is 2. The second-order valence-corrected chi connectivity index (χ2v) is 9.10. The molecule has 0 radical (unpaired) electrons. The highest BCUT2D eigenvalue weighted by molar-refractivity contribution is 5.99. The number of methoxy groups -OCH3 is 1. The quantitative estimate of drug-likeness (QED) is 0.393. The third kappa shape index (κ3) is 4.25. The first-order valence-electron chi connectivity index (χ1n) is 11.8. The molecule has 1 saturated heterocycles. The van der Waals surface area contributed by atoms with Gasteiger partial charge >= 0.3 is 0 Å². The van der Waals surface area contributed by atoms with E-state index in [1.165, 1.54) is 5.56 Å². The van der Waals surface area contributed by atoms with Gasteiger partial charge in [-0.3, -0.25) is 4.79 Å². The molecule has 0 unspecified atom stereocenters. The summed E-state index contributed by atoms with van der Waals surface area (Å²) in [4.78, 5) is 19.3. The highest BCUT2D eigenvalue weighted by atomic mass is 16.5. The van der Waals surface area contributed by atoms with Crippen molar-refractivity contribution in [1.82, 2.24) is 9.88 Å². The predicted octanol–water partition coefficient (Wildman–Crippen LogP) is 4.81. The number of likely N-dealkylation sites (tertiary alicyclic amines) is 1. The SMILES string of the molecule is COc1ccc2[nH]cc(CCN3CC[C@](O)(c4ccccc4)[C@@H](C(=O)c4ccccc4)C3)c2c1. The molecule has 2 atom stereocenters. The van der Waals surface area contributed by atoms with Crippen LogP contribution in [-0.2, 0) is 12.0 Å². The highest BCUT2D eigenvalue weighted by Gasteiger charge is 2.46. The van der Waals surface area contributed by atoms with E-state index in [0.29, 0.717) is 18.5 Å². The maximum atomic E-state index is 13.6. The number of benzene rings is 3. The molecule has 0 spiro atoms. The lowest BCUT2D eigenvalue weighted by molar-refractivity contribution is -0.0639. The molecule has 5 rings (SSSR count). The second-order valence-electron chi connectivity index (χ2n) is 9.10. The summed E-state index contributed by atoms with van der Waals surface area (Å²) in [6.07, 6.45) is 3.42. The third-order valence-corrected chi connectivity index (χ3v) is 7.15. The lowest BCUT2D eigenvalue weighted by Gasteiger charge is -2.44. The van der Waals surface area contributed by atoms with E-state index in [9.17, 15) is 9.90 Å². The Labute approximate surface area is 200 Å². The number of rotatable bonds is 7. The van der Waals surface area contributed by atoms with Crippen LogP contribution in [0.5, 0.6) is 5.75 Å². The van der Waals surface area contributed by atoms with Crippen LogP contribution in [0.3, 0.4) is 0 Å². The molecule has 1 aliphatic heterocycles. The Balaban J connectivity index is 1.38. The molecular formula is C29H30N2O3. The van der Waals surface area contributed by atoms with Gasteiger partial charge in [0.2, 0.25) is 0 Å². The monoisotopic (exact) mass is 454 g/mol. The van der Waals surface area contributed by atoms with Gasteiger partial charge in [0.05, 0.1) is 13.0 Å². The molecule has 0 bridgehead atoms. The number of fused-ring (bicyclic) bond motifs is 1. The molecule has 34 heavy (non-hydrogen) atoms. The summed E-state index contributed by atoms with van der Waals surface area (Å²) in [5.74, 6) is 0.301. The summed E-state index contributed by atoms with van der Waals surface area (Å²) in [5, 5.41) is 13.0. The van der Waals surface area contributed by atoms with Crippen molar-refractivity contribution in [2.45, 2.75) is 18.4 Å². The van der Waals surface area contributed by atoms with Gasteiger partial charge in [-0.2, -0.15) is 0 Å². The number of Topliss-reactive ketones (excluding diaryl/α,β-unsaturated/α-hetero) is 1. The number of carbonyl (C=O) groups excluding carboxylic acids is 1. The van der Waals surface area contributed by atoms with Gasteiger partial charge in [-0.25, -0.2) is 0 Å². The van der Waals surface area contributed by atoms with Crippen molar-refractivity contribution >= 4 is 16.7 Å². The average Bonchev–Trinajstić information content (AvgIpc) is 3.31. The summed E-state index contributed by atoms with van der Waals surface area (Å²) < 4.78 is 5.40. The number of aromatic amines is 1. The van der Waals surface area contributed by atoms with Crippen LogP contribution < -0.4 is 4.74 Å². The Morgan fingerprint density at radius 1 is 1.09 bits per heavy atom. The van der Waals surface area contributed by atoms with Crippen LogP contribution >= 0.6 is 0 Å². The van der Waals surface area contributed by atoms with Gasteiger partial charge in [-0.15, -0.1) is 0 Å². The second kappa shape index (κ2) is 9.45. The van der Waals surface area contributed by atoms with E-state index in [0.717, 1.165) is 41.7 Å². The minimum atomic E-state index is -1.18. The van der Waals surface area contributed by atoms with E-state index in [-0.39, 0.29) is 5.78 Å². The van der Waals surface area contributed by atoms with Crippen LogP contribution in [0.15, 0.2) is 85.1 Å². The number of H-pyrrole nitrogens is 1. The molecule has 3 aromatic carbocycles. The normalized spacial score (nSPS) is 20.9. The zero-order valence-electron chi connectivity index (χ0n) is 19.4. The summed E-state index contributed by atoms with van der Waals surface area (Å²) in [6.45, 7) is 2.06. The van der Waals surface area contributed by atoms with E-state index >= 15 is 0 Å². The lowest BCUT2D eigenvalue weighted by Crippen LogP contribution is -2.53.